The molecule has 7 nitrogen and oxygen atoms in total. The van der Waals surface area contributed by atoms with Crippen LogP contribution >= 0.6 is 0 Å². The molecular weight excluding hydrogens is 298 g/mol. The summed E-state index contributed by atoms with van der Waals surface area (Å²) in [6.45, 7) is 5.55. The van der Waals surface area contributed by atoms with Crippen molar-refractivity contribution in [1.29, 1.82) is 0 Å². The van der Waals surface area contributed by atoms with E-state index < -0.39 is 5.91 Å². The van der Waals surface area contributed by atoms with E-state index in [0.717, 1.165) is 0 Å². The molecule has 0 aliphatic heterocycles. The average Bonchev–Trinajstić information content (AvgIpc) is 2.57. The lowest BCUT2D eigenvalue weighted by Crippen LogP contribution is -2.26. The number of amides is 2. The first kappa shape index (κ1) is 18.2. The fourth-order valence-electron chi connectivity index (χ4n) is 1.67. The van der Waals surface area contributed by atoms with E-state index in [0.29, 0.717) is 29.3 Å². The number of hydrazone groups is 1. The molecule has 0 bridgehead atoms. The van der Waals surface area contributed by atoms with Gasteiger partial charge < -0.3 is 14.8 Å². The third kappa shape index (κ3) is 6.21. The molecule has 0 fully saturated rings. The zero-order valence-corrected chi connectivity index (χ0v) is 13.5. The molecule has 2 N–H and O–H groups in total. The lowest BCUT2D eigenvalue weighted by Gasteiger charge is -2.08. The van der Waals surface area contributed by atoms with E-state index in [1.54, 1.807) is 31.2 Å². The van der Waals surface area contributed by atoms with Crippen molar-refractivity contribution in [3.63, 3.8) is 0 Å². The number of rotatable bonds is 8. The van der Waals surface area contributed by atoms with Crippen LogP contribution in [0.3, 0.4) is 0 Å². The molecule has 0 saturated heterocycles. The first-order chi connectivity index (χ1) is 11.0. The lowest BCUT2D eigenvalue weighted by molar-refractivity contribution is -0.119. The number of ether oxygens (including phenoxy) is 2. The van der Waals surface area contributed by atoms with Gasteiger partial charge in [-0.3, -0.25) is 9.59 Å². The molecule has 0 aromatic heterocycles. The molecule has 1 aromatic rings. The first-order valence-corrected chi connectivity index (χ1v) is 6.94. The summed E-state index contributed by atoms with van der Waals surface area (Å²) in [7, 11) is 3.00. The number of hydrogen-bond donors (Lipinski definition) is 2. The van der Waals surface area contributed by atoms with Crippen molar-refractivity contribution < 1.29 is 19.1 Å². The van der Waals surface area contributed by atoms with E-state index in [1.165, 1.54) is 14.2 Å². The van der Waals surface area contributed by atoms with Gasteiger partial charge in [-0.25, -0.2) is 5.43 Å². The number of hydrogen-bond acceptors (Lipinski definition) is 5. The van der Waals surface area contributed by atoms with Gasteiger partial charge in [-0.15, -0.1) is 6.58 Å². The molecule has 23 heavy (non-hydrogen) atoms. The third-order valence-corrected chi connectivity index (χ3v) is 2.82. The zero-order valence-electron chi connectivity index (χ0n) is 13.5. The Hall–Kier alpha value is -2.83. The predicted molar refractivity (Wildman–Crippen MR) is 87.9 cm³/mol. The van der Waals surface area contributed by atoms with E-state index in [4.69, 9.17) is 9.47 Å². The summed E-state index contributed by atoms with van der Waals surface area (Å²) >= 11 is 0. The van der Waals surface area contributed by atoms with Crippen LogP contribution in [0.4, 0.5) is 0 Å². The van der Waals surface area contributed by atoms with Crippen molar-refractivity contribution in [3.05, 3.63) is 36.4 Å². The summed E-state index contributed by atoms with van der Waals surface area (Å²) in [5.74, 6) is 0.384. The van der Waals surface area contributed by atoms with Gasteiger partial charge in [0.1, 0.15) is 11.5 Å². The maximum atomic E-state index is 12.1. The highest BCUT2D eigenvalue weighted by Crippen LogP contribution is 2.22. The predicted octanol–water partition coefficient (Wildman–Crippen LogP) is 1.50. The van der Waals surface area contributed by atoms with Gasteiger partial charge in [0.15, 0.2) is 0 Å². The minimum atomic E-state index is -0.423. The molecule has 0 saturated carbocycles. The molecule has 0 aliphatic carbocycles. The number of methoxy groups -OCH3 is 2. The molecule has 0 heterocycles. The van der Waals surface area contributed by atoms with Crippen LogP contribution in [0.15, 0.2) is 36.0 Å². The van der Waals surface area contributed by atoms with Crippen molar-refractivity contribution in [2.45, 2.75) is 13.3 Å². The molecule has 124 valence electrons. The van der Waals surface area contributed by atoms with Gasteiger partial charge in [-0.1, -0.05) is 6.08 Å². The van der Waals surface area contributed by atoms with E-state index in [2.05, 4.69) is 22.4 Å². The monoisotopic (exact) mass is 319 g/mol. The second kappa shape index (κ2) is 9.24. The van der Waals surface area contributed by atoms with Gasteiger partial charge in [0.05, 0.1) is 20.6 Å². The summed E-state index contributed by atoms with van der Waals surface area (Å²) in [6.07, 6.45) is 1.68. The summed E-state index contributed by atoms with van der Waals surface area (Å²) in [5.41, 5.74) is 3.22. The second-order valence-electron chi connectivity index (χ2n) is 4.66. The van der Waals surface area contributed by atoms with Crippen molar-refractivity contribution >= 4 is 17.5 Å². The quantitative estimate of drug-likeness (QED) is 0.432. The van der Waals surface area contributed by atoms with Crippen molar-refractivity contribution in [2.75, 3.05) is 20.8 Å². The normalized spacial score (nSPS) is 10.7. The number of nitrogens with zero attached hydrogens (tertiary/aromatic N) is 1. The molecule has 2 amide bonds. The highest BCUT2D eigenvalue weighted by molar-refractivity contribution is 6.01. The molecule has 0 atom stereocenters. The summed E-state index contributed by atoms with van der Waals surface area (Å²) in [5, 5.41) is 6.54. The molecule has 1 rings (SSSR count). The second-order valence-corrected chi connectivity index (χ2v) is 4.66. The van der Waals surface area contributed by atoms with Crippen LogP contribution in [0, 0.1) is 0 Å². The molecule has 0 aliphatic rings. The van der Waals surface area contributed by atoms with Crippen LogP contribution in [0.25, 0.3) is 0 Å². The van der Waals surface area contributed by atoms with E-state index in [1.807, 2.05) is 0 Å². The number of carbonyl (C=O) groups is 2. The average molecular weight is 319 g/mol. The Morgan fingerprint density at radius 2 is 1.83 bits per heavy atom. The van der Waals surface area contributed by atoms with E-state index in [9.17, 15) is 9.59 Å². The van der Waals surface area contributed by atoms with Crippen LogP contribution in [0.2, 0.25) is 0 Å². The van der Waals surface area contributed by atoms with Gasteiger partial charge in [0.25, 0.3) is 5.91 Å². The van der Waals surface area contributed by atoms with Crippen LogP contribution in [-0.4, -0.2) is 38.3 Å². The van der Waals surface area contributed by atoms with Gasteiger partial charge in [-0.05, 0) is 19.1 Å². The summed E-state index contributed by atoms with van der Waals surface area (Å²) < 4.78 is 10.2. The van der Waals surface area contributed by atoms with Crippen molar-refractivity contribution in [1.82, 2.24) is 10.7 Å². The van der Waals surface area contributed by atoms with E-state index in [-0.39, 0.29) is 12.3 Å². The minimum absolute atomic E-state index is 0.0928. The maximum absolute atomic E-state index is 12.1. The number of carbonyl (C=O) groups excluding carboxylic acids is 2. The first-order valence-electron chi connectivity index (χ1n) is 6.94. The van der Waals surface area contributed by atoms with Crippen LogP contribution in [-0.2, 0) is 4.79 Å². The Morgan fingerprint density at radius 3 is 2.35 bits per heavy atom. The highest BCUT2D eigenvalue weighted by atomic mass is 16.5. The smallest absolute Gasteiger partial charge is 0.271 e. The molecule has 0 spiro atoms. The van der Waals surface area contributed by atoms with Crippen molar-refractivity contribution in [3.8, 4) is 11.5 Å². The van der Waals surface area contributed by atoms with Gasteiger partial charge in [-0.2, -0.15) is 5.10 Å². The Bertz CT molecular complexity index is 589. The number of nitrogens with one attached hydrogen (secondary N) is 2. The fourth-order valence-corrected chi connectivity index (χ4v) is 1.67. The third-order valence-electron chi connectivity index (χ3n) is 2.82. The van der Waals surface area contributed by atoms with Crippen LogP contribution in [0.1, 0.15) is 23.7 Å². The van der Waals surface area contributed by atoms with Crippen LogP contribution in [0.5, 0.6) is 11.5 Å². The zero-order chi connectivity index (χ0) is 17.2. The highest BCUT2D eigenvalue weighted by Gasteiger charge is 2.10. The topological polar surface area (TPSA) is 89.0 Å². The largest absolute Gasteiger partial charge is 0.497 e. The standard InChI is InChI=1S/C16H21N3O4/c1-5-6-17-15(20)7-11(2)18-19-16(21)12-8-13(22-3)10-14(9-12)23-4/h5,8-10H,1,6-7H2,2-4H3,(H,17,20)(H,19,21)/b18-11-. The molecule has 0 radical (unpaired) electrons. The molecule has 7 heteroatoms. The van der Waals surface area contributed by atoms with E-state index >= 15 is 0 Å². The Kier molecular flexibility index (Phi) is 7.32. The Balaban J connectivity index is 2.70. The maximum Gasteiger partial charge on any atom is 0.271 e. The molecule has 0 unspecified atom stereocenters. The molecular formula is C16H21N3O4. The van der Waals surface area contributed by atoms with Gasteiger partial charge >= 0.3 is 0 Å². The van der Waals surface area contributed by atoms with Crippen LogP contribution < -0.4 is 20.2 Å². The van der Waals surface area contributed by atoms with Gasteiger partial charge in [0, 0.05) is 23.9 Å². The summed E-state index contributed by atoms with van der Waals surface area (Å²) in [4.78, 5) is 23.6. The minimum Gasteiger partial charge on any atom is -0.497 e. The summed E-state index contributed by atoms with van der Waals surface area (Å²) in [6, 6.07) is 4.80. The number of benzene rings is 1. The van der Waals surface area contributed by atoms with Gasteiger partial charge in [0.2, 0.25) is 5.91 Å². The lowest BCUT2D eigenvalue weighted by atomic mass is 10.2. The Labute approximate surface area is 135 Å². The molecule has 1 aromatic carbocycles. The SMILES string of the molecule is C=CCNC(=O)C/C(C)=N\NC(=O)c1cc(OC)cc(OC)c1. The van der Waals surface area contributed by atoms with Crippen molar-refractivity contribution in [2.24, 2.45) is 5.10 Å². The Morgan fingerprint density at radius 1 is 1.22 bits per heavy atom. The fraction of sp³-hybridized carbons (Fsp3) is 0.312.